The van der Waals surface area contributed by atoms with E-state index in [1.807, 2.05) is 45.0 Å². The minimum Gasteiger partial charge on any atom is -0.490 e. The van der Waals surface area contributed by atoms with Crippen LogP contribution in [0.15, 0.2) is 40.9 Å². The molecule has 0 atom stereocenters. The quantitative estimate of drug-likeness (QED) is 0.583. The van der Waals surface area contributed by atoms with Gasteiger partial charge in [-0.1, -0.05) is 28.1 Å². The van der Waals surface area contributed by atoms with E-state index in [-0.39, 0.29) is 11.9 Å². The molecule has 0 saturated carbocycles. The van der Waals surface area contributed by atoms with Crippen molar-refractivity contribution in [2.75, 3.05) is 13.2 Å². The van der Waals surface area contributed by atoms with E-state index in [0.717, 1.165) is 40.1 Å². The van der Waals surface area contributed by atoms with Crippen molar-refractivity contribution in [1.82, 2.24) is 5.32 Å². The number of ether oxygens (including phenoxy) is 2. The van der Waals surface area contributed by atoms with E-state index in [1.54, 1.807) is 0 Å². The van der Waals surface area contributed by atoms with Gasteiger partial charge in [0, 0.05) is 11.0 Å². The molecule has 0 spiro atoms. The van der Waals surface area contributed by atoms with E-state index in [0.29, 0.717) is 13.2 Å². The number of nitrogens with one attached hydrogen (secondary N) is 1. The Morgan fingerprint density at radius 2 is 1.84 bits per heavy atom. The zero-order valence-electron chi connectivity index (χ0n) is 14.9. The Kier molecular flexibility index (Phi) is 7.72. The van der Waals surface area contributed by atoms with Crippen LogP contribution in [0.3, 0.4) is 0 Å². The van der Waals surface area contributed by atoms with E-state index >= 15 is 0 Å². The highest BCUT2D eigenvalue weighted by molar-refractivity contribution is 9.10. The first-order valence-electron chi connectivity index (χ1n) is 8.56. The fourth-order valence-corrected chi connectivity index (χ4v) is 2.90. The molecule has 0 aromatic heterocycles. The highest BCUT2D eigenvalue weighted by Crippen LogP contribution is 2.34. The topological polar surface area (TPSA) is 30.5 Å². The van der Waals surface area contributed by atoms with Crippen LogP contribution >= 0.6 is 15.9 Å². The van der Waals surface area contributed by atoms with Crippen LogP contribution in [0.5, 0.6) is 11.5 Å². The molecule has 0 bridgehead atoms. The lowest BCUT2D eigenvalue weighted by Gasteiger charge is -2.17. The summed E-state index contributed by atoms with van der Waals surface area (Å²) in [6.07, 6.45) is 0.941. The molecule has 25 heavy (non-hydrogen) atoms. The molecule has 0 amide bonds. The van der Waals surface area contributed by atoms with Crippen LogP contribution in [-0.2, 0) is 13.0 Å². The van der Waals surface area contributed by atoms with E-state index < -0.39 is 0 Å². The summed E-state index contributed by atoms with van der Waals surface area (Å²) in [7, 11) is 0. The molecule has 0 unspecified atom stereocenters. The first-order chi connectivity index (χ1) is 12.0. The molecule has 2 rings (SSSR count). The molecule has 1 N–H and O–H groups in total. The number of rotatable bonds is 9. The van der Waals surface area contributed by atoms with Gasteiger partial charge in [-0.2, -0.15) is 0 Å². The maximum atomic E-state index is 12.9. The molecule has 0 aliphatic heterocycles. The summed E-state index contributed by atoms with van der Waals surface area (Å²) in [6, 6.07) is 10.6. The Bertz CT molecular complexity index is 674. The van der Waals surface area contributed by atoms with Crippen molar-refractivity contribution in [1.29, 1.82) is 0 Å². The predicted molar refractivity (Wildman–Crippen MR) is 103 cm³/mol. The lowest BCUT2D eigenvalue weighted by molar-refractivity contribution is 0.223. The van der Waals surface area contributed by atoms with E-state index in [9.17, 15) is 4.39 Å². The smallest absolute Gasteiger partial charge is 0.162 e. The van der Waals surface area contributed by atoms with Gasteiger partial charge in [-0.3, -0.25) is 0 Å². The van der Waals surface area contributed by atoms with E-state index in [1.165, 1.54) is 12.1 Å². The molecule has 5 heteroatoms. The molecule has 0 heterocycles. The van der Waals surface area contributed by atoms with Crippen molar-refractivity contribution < 1.29 is 13.9 Å². The summed E-state index contributed by atoms with van der Waals surface area (Å²) in [4.78, 5) is 0. The van der Waals surface area contributed by atoms with Crippen LogP contribution in [0.2, 0.25) is 0 Å². The zero-order chi connectivity index (χ0) is 18.2. The van der Waals surface area contributed by atoms with Crippen molar-refractivity contribution in [2.24, 2.45) is 0 Å². The third-order valence-corrected chi connectivity index (χ3v) is 4.33. The second-order valence-corrected chi connectivity index (χ2v) is 6.90. The summed E-state index contributed by atoms with van der Waals surface area (Å²) < 4.78 is 25.4. The third kappa shape index (κ3) is 6.33. The summed E-state index contributed by atoms with van der Waals surface area (Å²) in [5.41, 5.74) is 2.22. The lowest BCUT2D eigenvalue weighted by Crippen LogP contribution is -2.17. The van der Waals surface area contributed by atoms with Crippen LogP contribution in [0.1, 0.15) is 31.9 Å². The van der Waals surface area contributed by atoms with Crippen LogP contribution in [0.25, 0.3) is 0 Å². The van der Waals surface area contributed by atoms with Crippen LogP contribution in [-0.4, -0.2) is 19.3 Å². The van der Waals surface area contributed by atoms with Gasteiger partial charge in [0.2, 0.25) is 0 Å². The normalized spacial score (nSPS) is 11.0. The van der Waals surface area contributed by atoms with Gasteiger partial charge in [0.15, 0.2) is 11.5 Å². The molecular formula is C20H25BrFNO2. The molecule has 3 nitrogen and oxygen atoms in total. The number of hydrogen-bond acceptors (Lipinski definition) is 3. The van der Waals surface area contributed by atoms with Crippen LogP contribution < -0.4 is 14.8 Å². The largest absolute Gasteiger partial charge is 0.490 e. The van der Waals surface area contributed by atoms with Crippen molar-refractivity contribution in [2.45, 2.75) is 39.8 Å². The maximum absolute atomic E-state index is 12.9. The van der Waals surface area contributed by atoms with Gasteiger partial charge in [-0.05, 0) is 69.1 Å². The molecule has 2 aromatic carbocycles. The van der Waals surface area contributed by atoms with E-state index in [4.69, 9.17) is 9.47 Å². The average molecular weight is 410 g/mol. The fourth-order valence-electron chi connectivity index (χ4n) is 2.43. The van der Waals surface area contributed by atoms with E-state index in [2.05, 4.69) is 21.2 Å². The van der Waals surface area contributed by atoms with Crippen LogP contribution in [0.4, 0.5) is 4.39 Å². The van der Waals surface area contributed by atoms with Gasteiger partial charge in [0.05, 0.1) is 12.7 Å². The second kappa shape index (κ2) is 9.78. The Balaban J connectivity index is 1.96. The Labute approximate surface area is 157 Å². The number of benzene rings is 2. The summed E-state index contributed by atoms with van der Waals surface area (Å²) >= 11 is 3.61. The molecule has 0 fully saturated rings. The van der Waals surface area contributed by atoms with Crippen molar-refractivity contribution in [3.05, 3.63) is 57.8 Å². The van der Waals surface area contributed by atoms with Gasteiger partial charge in [0.1, 0.15) is 5.82 Å². The van der Waals surface area contributed by atoms with Gasteiger partial charge in [-0.25, -0.2) is 4.39 Å². The third-order valence-electron chi connectivity index (χ3n) is 3.59. The zero-order valence-corrected chi connectivity index (χ0v) is 16.5. The second-order valence-electron chi connectivity index (χ2n) is 6.04. The minimum absolute atomic E-state index is 0.0887. The SMILES string of the molecule is CCOc1cc(CNCCc2ccc(F)cc2)c(Br)cc1OC(C)C. The Morgan fingerprint density at radius 3 is 2.48 bits per heavy atom. The molecular weight excluding hydrogens is 385 g/mol. The predicted octanol–water partition coefficient (Wildman–Crippen LogP) is 5.11. The Morgan fingerprint density at radius 1 is 1.12 bits per heavy atom. The molecule has 136 valence electrons. The highest BCUT2D eigenvalue weighted by atomic mass is 79.9. The van der Waals surface area contributed by atoms with Gasteiger partial charge >= 0.3 is 0 Å². The Hall–Kier alpha value is -1.59. The van der Waals surface area contributed by atoms with Crippen molar-refractivity contribution in [3.63, 3.8) is 0 Å². The number of hydrogen-bond donors (Lipinski definition) is 1. The molecule has 2 aromatic rings. The monoisotopic (exact) mass is 409 g/mol. The summed E-state index contributed by atoms with van der Waals surface area (Å²) in [6.45, 7) is 8.06. The van der Waals surface area contributed by atoms with Crippen molar-refractivity contribution >= 4 is 15.9 Å². The van der Waals surface area contributed by atoms with Crippen LogP contribution in [0, 0.1) is 5.82 Å². The van der Waals surface area contributed by atoms with Gasteiger partial charge in [0.25, 0.3) is 0 Å². The average Bonchev–Trinajstić information content (AvgIpc) is 2.56. The molecule has 0 radical (unpaired) electrons. The highest BCUT2D eigenvalue weighted by Gasteiger charge is 2.12. The first-order valence-corrected chi connectivity index (χ1v) is 9.36. The fraction of sp³-hybridized carbons (Fsp3) is 0.400. The molecule has 0 aliphatic carbocycles. The lowest BCUT2D eigenvalue weighted by atomic mass is 10.1. The summed E-state index contributed by atoms with van der Waals surface area (Å²) in [5.74, 6) is 1.31. The minimum atomic E-state index is -0.201. The van der Waals surface area contributed by atoms with Gasteiger partial charge in [-0.15, -0.1) is 0 Å². The molecule has 0 saturated heterocycles. The summed E-state index contributed by atoms with van der Waals surface area (Å²) in [5, 5.41) is 3.42. The van der Waals surface area contributed by atoms with Gasteiger partial charge < -0.3 is 14.8 Å². The molecule has 0 aliphatic rings. The van der Waals surface area contributed by atoms with Crippen molar-refractivity contribution in [3.8, 4) is 11.5 Å². The first kappa shape index (κ1) is 19.7. The maximum Gasteiger partial charge on any atom is 0.162 e. The number of halogens is 2. The standard InChI is InChI=1S/C20H25BrFNO2/c1-4-24-19-11-16(18(21)12-20(19)25-14(2)3)13-23-10-9-15-5-7-17(22)8-6-15/h5-8,11-12,14,23H,4,9-10,13H2,1-3H3.